The van der Waals surface area contributed by atoms with Crippen LogP contribution in [-0.2, 0) is 6.18 Å². The van der Waals surface area contributed by atoms with Gasteiger partial charge in [0, 0.05) is 16.9 Å². The van der Waals surface area contributed by atoms with Crippen molar-refractivity contribution in [2.75, 3.05) is 0 Å². The van der Waals surface area contributed by atoms with E-state index >= 15 is 0 Å². The SMILES string of the molecule is FC(F)(F)c1cc(N=NC(Br)c2ccncc2)ccc1Br. The molecule has 1 unspecified atom stereocenters. The minimum Gasteiger partial charge on any atom is -0.265 e. The molecule has 0 N–H and O–H groups in total. The minimum atomic E-state index is -4.44. The first-order valence-corrected chi connectivity index (χ1v) is 7.40. The Balaban J connectivity index is 2.22. The number of hydrogen-bond donors (Lipinski definition) is 0. The van der Waals surface area contributed by atoms with Crippen molar-refractivity contribution in [2.45, 2.75) is 11.1 Å². The summed E-state index contributed by atoms with van der Waals surface area (Å²) in [6.07, 6.45) is -1.25. The van der Waals surface area contributed by atoms with Gasteiger partial charge < -0.3 is 0 Å². The summed E-state index contributed by atoms with van der Waals surface area (Å²) in [4.78, 5) is 3.43. The summed E-state index contributed by atoms with van der Waals surface area (Å²) in [6, 6.07) is 7.17. The van der Waals surface area contributed by atoms with E-state index in [4.69, 9.17) is 0 Å². The molecule has 1 atom stereocenters. The summed E-state index contributed by atoms with van der Waals surface area (Å²) in [6.45, 7) is 0. The van der Waals surface area contributed by atoms with Crippen LogP contribution in [0.2, 0.25) is 0 Å². The van der Waals surface area contributed by atoms with E-state index in [0.717, 1.165) is 11.6 Å². The van der Waals surface area contributed by atoms with Crippen LogP contribution in [0.25, 0.3) is 0 Å². The average molecular weight is 423 g/mol. The number of aromatic nitrogens is 1. The van der Waals surface area contributed by atoms with Crippen molar-refractivity contribution in [3.05, 3.63) is 58.3 Å². The lowest BCUT2D eigenvalue weighted by Gasteiger charge is -2.09. The second-order valence-electron chi connectivity index (χ2n) is 3.99. The normalized spacial score (nSPS) is 13.6. The number of azo groups is 1. The molecule has 2 rings (SSSR count). The van der Waals surface area contributed by atoms with Crippen molar-refractivity contribution < 1.29 is 13.2 Å². The molecule has 21 heavy (non-hydrogen) atoms. The Labute approximate surface area is 135 Å². The summed E-state index contributed by atoms with van der Waals surface area (Å²) in [5.74, 6) is 0. The first-order chi connectivity index (χ1) is 9.88. The second kappa shape index (κ2) is 6.65. The molecule has 3 nitrogen and oxygen atoms in total. The maximum Gasteiger partial charge on any atom is 0.417 e. The molecule has 0 spiro atoms. The van der Waals surface area contributed by atoms with Gasteiger partial charge >= 0.3 is 6.18 Å². The average Bonchev–Trinajstić information content (AvgIpc) is 2.45. The molecule has 0 aliphatic carbocycles. The molecular weight excluding hydrogens is 415 g/mol. The number of hydrogen-bond acceptors (Lipinski definition) is 3. The highest BCUT2D eigenvalue weighted by molar-refractivity contribution is 9.10. The van der Waals surface area contributed by atoms with Gasteiger partial charge in [0.05, 0.1) is 11.3 Å². The second-order valence-corrected chi connectivity index (χ2v) is 5.72. The fraction of sp³-hybridized carbons (Fsp3) is 0.154. The number of benzene rings is 1. The highest BCUT2D eigenvalue weighted by Gasteiger charge is 2.33. The Hall–Kier alpha value is -1.28. The third kappa shape index (κ3) is 4.34. The van der Waals surface area contributed by atoms with E-state index in [9.17, 15) is 13.2 Å². The van der Waals surface area contributed by atoms with E-state index < -0.39 is 16.7 Å². The van der Waals surface area contributed by atoms with Gasteiger partial charge in [-0.1, -0.05) is 31.9 Å². The third-order valence-electron chi connectivity index (χ3n) is 2.51. The molecule has 0 aliphatic heterocycles. The quantitative estimate of drug-likeness (QED) is 0.337. The maximum atomic E-state index is 12.8. The summed E-state index contributed by atoms with van der Waals surface area (Å²) >= 11 is 6.17. The van der Waals surface area contributed by atoms with Crippen LogP contribution in [-0.4, -0.2) is 4.98 Å². The molecule has 0 bridgehead atoms. The van der Waals surface area contributed by atoms with Crippen molar-refractivity contribution in [3.63, 3.8) is 0 Å². The largest absolute Gasteiger partial charge is 0.417 e. The van der Waals surface area contributed by atoms with Crippen LogP contribution >= 0.6 is 31.9 Å². The molecule has 0 aliphatic rings. The van der Waals surface area contributed by atoms with Crippen molar-refractivity contribution in [3.8, 4) is 0 Å². The first kappa shape index (κ1) is 16.1. The molecule has 0 radical (unpaired) electrons. The van der Waals surface area contributed by atoms with Crippen LogP contribution < -0.4 is 0 Å². The first-order valence-electron chi connectivity index (χ1n) is 5.69. The Bertz CT molecular complexity index is 645. The lowest BCUT2D eigenvalue weighted by molar-refractivity contribution is -0.138. The maximum absolute atomic E-state index is 12.8. The van der Waals surface area contributed by atoms with E-state index in [1.807, 2.05) is 0 Å². The zero-order valence-corrected chi connectivity index (χ0v) is 13.5. The molecule has 0 saturated heterocycles. The van der Waals surface area contributed by atoms with E-state index in [0.29, 0.717) is 0 Å². The molecule has 110 valence electrons. The van der Waals surface area contributed by atoms with Crippen LogP contribution in [0, 0.1) is 0 Å². The zero-order valence-electron chi connectivity index (χ0n) is 10.4. The third-order valence-corrected chi connectivity index (χ3v) is 3.91. The number of rotatable bonds is 3. The summed E-state index contributed by atoms with van der Waals surface area (Å²) in [5, 5.41) is 7.78. The van der Waals surface area contributed by atoms with Crippen LogP contribution in [0.15, 0.2) is 57.4 Å². The molecule has 0 saturated carbocycles. The van der Waals surface area contributed by atoms with Crippen LogP contribution in [0.3, 0.4) is 0 Å². The topological polar surface area (TPSA) is 37.6 Å². The molecule has 0 fully saturated rings. The zero-order chi connectivity index (χ0) is 15.5. The molecule has 1 aromatic carbocycles. The van der Waals surface area contributed by atoms with E-state index in [1.54, 1.807) is 24.5 Å². The van der Waals surface area contributed by atoms with Crippen LogP contribution in [0.4, 0.5) is 18.9 Å². The monoisotopic (exact) mass is 421 g/mol. The smallest absolute Gasteiger partial charge is 0.265 e. The summed E-state index contributed by atoms with van der Waals surface area (Å²) in [7, 11) is 0. The lowest BCUT2D eigenvalue weighted by Crippen LogP contribution is -2.05. The number of halogens is 5. The predicted octanol–water partition coefficient (Wildman–Crippen LogP) is 6.04. The molecule has 0 amide bonds. The fourth-order valence-electron chi connectivity index (χ4n) is 1.50. The van der Waals surface area contributed by atoms with E-state index in [2.05, 4.69) is 47.1 Å². The highest BCUT2D eigenvalue weighted by atomic mass is 79.9. The van der Waals surface area contributed by atoms with Gasteiger partial charge in [-0.05, 0) is 35.9 Å². The molecule has 2 aromatic rings. The van der Waals surface area contributed by atoms with Gasteiger partial charge in [0.15, 0.2) is 4.95 Å². The molecule has 1 heterocycles. The Morgan fingerprint density at radius 1 is 1.10 bits per heavy atom. The van der Waals surface area contributed by atoms with Crippen LogP contribution in [0.1, 0.15) is 16.1 Å². The van der Waals surface area contributed by atoms with Gasteiger partial charge in [0.25, 0.3) is 0 Å². The summed E-state index contributed by atoms with van der Waals surface area (Å²) < 4.78 is 38.3. The van der Waals surface area contributed by atoms with Crippen LogP contribution in [0.5, 0.6) is 0 Å². The van der Waals surface area contributed by atoms with E-state index in [1.165, 1.54) is 12.1 Å². The molecule has 8 heteroatoms. The Morgan fingerprint density at radius 3 is 2.38 bits per heavy atom. The number of nitrogens with zero attached hydrogens (tertiary/aromatic N) is 3. The van der Waals surface area contributed by atoms with Crippen molar-refractivity contribution in [1.82, 2.24) is 4.98 Å². The van der Waals surface area contributed by atoms with E-state index in [-0.39, 0.29) is 10.2 Å². The molecule has 1 aromatic heterocycles. The van der Waals surface area contributed by atoms with Crippen molar-refractivity contribution in [1.29, 1.82) is 0 Å². The van der Waals surface area contributed by atoms with Crippen molar-refractivity contribution in [2.24, 2.45) is 10.2 Å². The number of pyridine rings is 1. The Morgan fingerprint density at radius 2 is 1.76 bits per heavy atom. The van der Waals surface area contributed by atoms with Gasteiger partial charge in [-0.25, -0.2) is 0 Å². The fourth-order valence-corrected chi connectivity index (χ4v) is 2.37. The van der Waals surface area contributed by atoms with Gasteiger partial charge in [-0.2, -0.15) is 23.4 Å². The van der Waals surface area contributed by atoms with Gasteiger partial charge in [0.2, 0.25) is 0 Å². The molecular formula is C13H8Br2F3N3. The van der Waals surface area contributed by atoms with Crippen molar-refractivity contribution >= 4 is 37.5 Å². The number of alkyl halides is 4. The lowest BCUT2D eigenvalue weighted by atomic mass is 10.2. The highest BCUT2D eigenvalue weighted by Crippen LogP contribution is 2.37. The minimum absolute atomic E-state index is 0.0292. The van der Waals surface area contributed by atoms with Gasteiger partial charge in [-0.15, -0.1) is 0 Å². The Kier molecular flexibility index (Phi) is 5.10. The standard InChI is InChI=1S/C13H8Br2F3N3/c14-11-2-1-9(7-10(11)13(16,17)18)20-21-12(15)8-3-5-19-6-4-8/h1-7,12H. The predicted molar refractivity (Wildman–Crippen MR) is 79.6 cm³/mol. The van der Waals surface area contributed by atoms with Gasteiger partial charge in [0.1, 0.15) is 0 Å². The summed E-state index contributed by atoms with van der Waals surface area (Å²) in [5.41, 5.74) is 0.153. The van der Waals surface area contributed by atoms with Gasteiger partial charge in [-0.3, -0.25) is 4.98 Å².